The van der Waals surface area contributed by atoms with Crippen LogP contribution in [-0.4, -0.2) is 41.4 Å². The second kappa shape index (κ2) is 6.93. The molecule has 6 nitrogen and oxygen atoms in total. The topological polar surface area (TPSA) is 68.2 Å². The molecule has 6 heteroatoms. The van der Waals surface area contributed by atoms with Crippen LogP contribution in [0.5, 0.6) is 0 Å². The lowest BCUT2D eigenvalue weighted by Crippen LogP contribution is -2.43. The van der Waals surface area contributed by atoms with E-state index in [-0.39, 0.29) is 12.1 Å². The van der Waals surface area contributed by atoms with E-state index in [1.807, 2.05) is 12.4 Å². The van der Waals surface area contributed by atoms with Crippen LogP contribution >= 0.6 is 0 Å². The number of aryl methyl sites for hydroxylation is 1. The number of carbonyl (C=O) groups excluding carboxylic acids is 1. The molecule has 1 aromatic rings. The number of nitrogens with one attached hydrogen (secondary N) is 2. The number of ether oxygens (including phenoxy) is 1. The van der Waals surface area contributed by atoms with Crippen molar-refractivity contribution < 1.29 is 9.53 Å². The van der Waals surface area contributed by atoms with Gasteiger partial charge in [-0.15, -0.1) is 0 Å². The predicted molar refractivity (Wildman–Crippen MR) is 79.0 cm³/mol. The third-order valence-corrected chi connectivity index (χ3v) is 4.37. The van der Waals surface area contributed by atoms with E-state index in [1.54, 1.807) is 0 Å². The van der Waals surface area contributed by atoms with Gasteiger partial charge in [0.2, 0.25) is 0 Å². The molecule has 0 saturated carbocycles. The molecule has 2 atom stereocenters. The highest BCUT2D eigenvalue weighted by atomic mass is 16.5. The highest BCUT2D eigenvalue weighted by Crippen LogP contribution is 2.18. The molecule has 0 aromatic carbocycles. The molecule has 116 valence electrons. The van der Waals surface area contributed by atoms with Crippen LogP contribution in [0.2, 0.25) is 0 Å². The zero-order chi connectivity index (χ0) is 14.5. The molecule has 0 spiro atoms. The third-order valence-electron chi connectivity index (χ3n) is 4.37. The van der Waals surface area contributed by atoms with Gasteiger partial charge in [0.25, 0.3) is 0 Å². The first kappa shape index (κ1) is 14.4. The number of urea groups is 1. The maximum atomic E-state index is 11.8. The molecule has 3 rings (SSSR count). The molecule has 0 radical (unpaired) electrons. The standard InChI is InChI=1S/C15H24N4O2/c20-15(18-11-13-3-1-2-8-21-13)17-10-12-4-6-19-7-5-16-14(19)9-12/h5,7,12-13H,1-4,6,8-11H2,(H2,17,18,20)/t12-,13-/m1/s1. The van der Waals surface area contributed by atoms with Crippen LogP contribution in [0.3, 0.4) is 0 Å². The number of nitrogens with zero attached hydrogens (tertiary/aromatic N) is 2. The van der Waals surface area contributed by atoms with Crippen LogP contribution in [0.15, 0.2) is 12.4 Å². The van der Waals surface area contributed by atoms with Crippen molar-refractivity contribution in [3.63, 3.8) is 0 Å². The summed E-state index contributed by atoms with van der Waals surface area (Å²) in [6.07, 6.45) is 9.48. The number of carbonyl (C=O) groups is 1. The normalized spacial score (nSPS) is 25.1. The maximum absolute atomic E-state index is 11.8. The first-order chi connectivity index (χ1) is 10.3. The fraction of sp³-hybridized carbons (Fsp3) is 0.733. The monoisotopic (exact) mass is 292 g/mol. The number of hydrogen-bond donors (Lipinski definition) is 2. The summed E-state index contributed by atoms with van der Waals surface area (Å²) in [5.74, 6) is 1.61. The molecule has 1 aromatic heterocycles. The van der Waals surface area contributed by atoms with Crippen LogP contribution in [0.1, 0.15) is 31.5 Å². The second-order valence-corrected chi connectivity index (χ2v) is 5.98. The average molecular weight is 292 g/mol. The molecule has 2 aliphatic rings. The first-order valence-electron chi connectivity index (χ1n) is 7.94. The fourth-order valence-corrected chi connectivity index (χ4v) is 3.06. The molecule has 0 aliphatic carbocycles. The van der Waals surface area contributed by atoms with E-state index in [2.05, 4.69) is 20.2 Å². The Kier molecular flexibility index (Phi) is 4.75. The van der Waals surface area contributed by atoms with Crippen LogP contribution in [0, 0.1) is 5.92 Å². The van der Waals surface area contributed by atoms with E-state index in [0.29, 0.717) is 19.0 Å². The molecule has 3 heterocycles. The fourth-order valence-electron chi connectivity index (χ4n) is 3.06. The van der Waals surface area contributed by atoms with Gasteiger partial charge in [0.15, 0.2) is 0 Å². The van der Waals surface area contributed by atoms with Crippen molar-refractivity contribution in [2.75, 3.05) is 19.7 Å². The van der Waals surface area contributed by atoms with Crippen molar-refractivity contribution in [2.24, 2.45) is 5.92 Å². The molecular weight excluding hydrogens is 268 g/mol. The maximum Gasteiger partial charge on any atom is 0.314 e. The number of hydrogen-bond acceptors (Lipinski definition) is 3. The van der Waals surface area contributed by atoms with E-state index < -0.39 is 0 Å². The summed E-state index contributed by atoms with van der Waals surface area (Å²) >= 11 is 0. The first-order valence-corrected chi connectivity index (χ1v) is 7.94. The molecule has 1 saturated heterocycles. The largest absolute Gasteiger partial charge is 0.376 e. The Morgan fingerprint density at radius 2 is 2.24 bits per heavy atom. The van der Waals surface area contributed by atoms with Crippen molar-refractivity contribution >= 4 is 6.03 Å². The number of aromatic nitrogens is 2. The molecule has 2 aliphatic heterocycles. The highest BCUT2D eigenvalue weighted by molar-refractivity contribution is 5.73. The summed E-state index contributed by atoms with van der Waals surface area (Å²) in [6.45, 7) is 3.15. The van der Waals surface area contributed by atoms with E-state index in [9.17, 15) is 4.79 Å². The van der Waals surface area contributed by atoms with Gasteiger partial charge in [-0.1, -0.05) is 0 Å². The van der Waals surface area contributed by atoms with Gasteiger partial charge in [0, 0.05) is 45.1 Å². The van der Waals surface area contributed by atoms with Gasteiger partial charge in [0.1, 0.15) is 5.82 Å². The number of fused-ring (bicyclic) bond motifs is 1. The van der Waals surface area contributed by atoms with Crippen molar-refractivity contribution in [2.45, 2.75) is 44.8 Å². The van der Waals surface area contributed by atoms with Crippen molar-refractivity contribution in [1.29, 1.82) is 0 Å². The number of imidazole rings is 1. The van der Waals surface area contributed by atoms with Gasteiger partial charge in [-0.05, 0) is 31.6 Å². The summed E-state index contributed by atoms with van der Waals surface area (Å²) in [5, 5.41) is 5.88. The summed E-state index contributed by atoms with van der Waals surface area (Å²) in [7, 11) is 0. The quantitative estimate of drug-likeness (QED) is 0.879. The highest BCUT2D eigenvalue weighted by Gasteiger charge is 2.20. The number of amides is 2. The van der Waals surface area contributed by atoms with Gasteiger partial charge in [0.05, 0.1) is 6.10 Å². The summed E-state index contributed by atoms with van der Waals surface area (Å²) in [4.78, 5) is 16.2. The van der Waals surface area contributed by atoms with Crippen molar-refractivity contribution in [3.05, 3.63) is 18.2 Å². The smallest absolute Gasteiger partial charge is 0.314 e. The van der Waals surface area contributed by atoms with E-state index in [4.69, 9.17) is 4.74 Å². The van der Waals surface area contributed by atoms with Crippen molar-refractivity contribution in [1.82, 2.24) is 20.2 Å². The minimum Gasteiger partial charge on any atom is -0.376 e. The molecule has 0 unspecified atom stereocenters. The lowest BCUT2D eigenvalue weighted by Gasteiger charge is -2.25. The third kappa shape index (κ3) is 3.97. The average Bonchev–Trinajstić information content (AvgIpc) is 2.99. The van der Waals surface area contributed by atoms with Crippen LogP contribution in [-0.2, 0) is 17.7 Å². The molecule has 0 bridgehead atoms. The second-order valence-electron chi connectivity index (χ2n) is 5.98. The lowest BCUT2D eigenvalue weighted by molar-refractivity contribution is 0.0184. The van der Waals surface area contributed by atoms with Gasteiger partial charge >= 0.3 is 6.03 Å². The summed E-state index contributed by atoms with van der Waals surface area (Å²) in [5.41, 5.74) is 0. The molecule has 21 heavy (non-hydrogen) atoms. The molecular formula is C15H24N4O2. The Balaban J connectivity index is 1.34. The Morgan fingerprint density at radius 1 is 1.33 bits per heavy atom. The van der Waals surface area contributed by atoms with Gasteiger partial charge in [-0.2, -0.15) is 0 Å². The van der Waals surface area contributed by atoms with Crippen LogP contribution in [0.4, 0.5) is 4.79 Å². The van der Waals surface area contributed by atoms with Crippen LogP contribution < -0.4 is 10.6 Å². The Labute approximate surface area is 125 Å². The minimum absolute atomic E-state index is 0.0851. The lowest BCUT2D eigenvalue weighted by atomic mass is 9.98. The van der Waals surface area contributed by atoms with Gasteiger partial charge in [-0.25, -0.2) is 9.78 Å². The Bertz CT molecular complexity index is 468. The Hall–Kier alpha value is -1.56. The van der Waals surface area contributed by atoms with Gasteiger partial charge in [-0.3, -0.25) is 0 Å². The predicted octanol–water partition coefficient (Wildman–Crippen LogP) is 1.31. The summed E-state index contributed by atoms with van der Waals surface area (Å²) in [6, 6.07) is -0.0851. The molecule has 1 fully saturated rings. The zero-order valence-corrected chi connectivity index (χ0v) is 12.4. The Morgan fingerprint density at radius 3 is 3.10 bits per heavy atom. The van der Waals surface area contributed by atoms with E-state index in [0.717, 1.165) is 44.7 Å². The minimum atomic E-state index is -0.0851. The van der Waals surface area contributed by atoms with Crippen LogP contribution in [0.25, 0.3) is 0 Å². The molecule has 2 amide bonds. The van der Waals surface area contributed by atoms with E-state index in [1.165, 1.54) is 6.42 Å². The van der Waals surface area contributed by atoms with Gasteiger partial charge < -0.3 is 19.9 Å². The molecule has 2 N–H and O–H groups in total. The SMILES string of the molecule is O=C(NC[C@@H]1CCn2ccnc2C1)NC[C@H]1CCCCO1. The summed E-state index contributed by atoms with van der Waals surface area (Å²) < 4.78 is 7.79. The zero-order valence-electron chi connectivity index (χ0n) is 12.4. The van der Waals surface area contributed by atoms with E-state index >= 15 is 0 Å². The van der Waals surface area contributed by atoms with Crippen molar-refractivity contribution in [3.8, 4) is 0 Å². The number of rotatable bonds is 4.